The molecular formula is C13H20N2O4S. The zero-order valence-corrected chi connectivity index (χ0v) is 12.4. The van der Waals surface area contributed by atoms with E-state index in [4.69, 9.17) is 5.11 Å². The van der Waals surface area contributed by atoms with Crippen LogP contribution in [0.5, 0.6) is 0 Å². The standard InChI is InChI=1S/C13H20N2O4S/c1-10(3-8-13(16)17)9-15-11-4-6-12(7-5-11)20(18,19)14-2/h4-7,10,14-15H,3,8-9H2,1-2H3,(H,16,17). The second-order valence-corrected chi connectivity index (χ2v) is 6.54. The van der Waals surface area contributed by atoms with Crippen molar-refractivity contribution >= 4 is 21.7 Å². The zero-order chi connectivity index (χ0) is 15.2. The molecule has 0 aliphatic carbocycles. The van der Waals surface area contributed by atoms with E-state index in [0.717, 1.165) is 5.69 Å². The number of hydrogen-bond donors (Lipinski definition) is 3. The van der Waals surface area contributed by atoms with Crippen LogP contribution in [0.3, 0.4) is 0 Å². The number of carboxylic acid groups (broad SMARTS) is 1. The SMILES string of the molecule is CNS(=O)(=O)c1ccc(NCC(C)CCC(=O)O)cc1. The van der Waals surface area contributed by atoms with Crippen molar-refractivity contribution in [2.45, 2.75) is 24.7 Å². The van der Waals surface area contributed by atoms with Crippen LogP contribution in [0, 0.1) is 5.92 Å². The quantitative estimate of drug-likeness (QED) is 0.676. The highest BCUT2D eigenvalue weighted by molar-refractivity contribution is 7.89. The highest BCUT2D eigenvalue weighted by atomic mass is 32.2. The molecule has 3 N–H and O–H groups in total. The fourth-order valence-electron chi connectivity index (χ4n) is 1.63. The van der Waals surface area contributed by atoms with Crippen molar-refractivity contribution in [3.8, 4) is 0 Å². The molecule has 0 saturated carbocycles. The first kappa shape index (κ1) is 16.5. The van der Waals surface area contributed by atoms with Crippen molar-refractivity contribution < 1.29 is 18.3 Å². The van der Waals surface area contributed by atoms with Crippen LogP contribution >= 0.6 is 0 Å². The lowest BCUT2D eigenvalue weighted by Gasteiger charge is -2.13. The maximum atomic E-state index is 11.5. The average molecular weight is 300 g/mol. The van der Waals surface area contributed by atoms with Crippen LogP contribution in [0.4, 0.5) is 5.69 Å². The summed E-state index contributed by atoms with van der Waals surface area (Å²) in [4.78, 5) is 10.7. The number of hydrogen-bond acceptors (Lipinski definition) is 4. The summed E-state index contributed by atoms with van der Waals surface area (Å²) in [5, 5.41) is 11.8. The summed E-state index contributed by atoms with van der Waals surface area (Å²) in [6, 6.07) is 6.43. The molecule has 0 aliphatic rings. The highest BCUT2D eigenvalue weighted by Gasteiger charge is 2.10. The summed E-state index contributed by atoms with van der Waals surface area (Å²) in [5.74, 6) is -0.565. The predicted molar refractivity (Wildman–Crippen MR) is 77.2 cm³/mol. The molecule has 1 aromatic carbocycles. The van der Waals surface area contributed by atoms with Crippen LogP contribution in [0.15, 0.2) is 29.2 Å². The Morgan fingerprint density at radius 3 is 2.40 bits per heavy atom. The molecule has 0 bridgehead atoms. The van der Waals surface area contributed by atoms with E-state index in [1.807, 2.05) is 6.92 Å². The van der Waals surface area contributed by atoms with Crippen LogP contribution in [0.25, 0.3) is 0 Å². The van der Waals surface area contributed by atoms with Gasteiger partial charge in [0.05, 0.1) is 4.90 Å². The summed E-state index contributed by atoms with van der Waals surface area (Å²) in [5.41, 5.74) is 0.808. The van der Waals surface area contributed by atoms with Gasteiger partial charge in [0, 0.05) is 18.7 Å². The molecule has 7 heteroatoms. The minimum atomic E-state index is -3.41. The van der Waals surface area contributed by atoms with Crippen LogP contribution in [0.1, 0.15) is 19.8 Å². The Labute approximate surface area is 119 Å². The molecule has 0 spiro atoms. The monoisotopic (exact) mass is 300 g/mol. The van der Waals surface area contributed by atoms with Crippen LogP contribution < -0.4 is 10.0 Å². The van der Waals surface area contributed by atoms with Gasteiger partial charge in [0.25, 0.3) is 0 Å². The Hall–Kier alpha value is -1.60. The number of nitrogens with one attached hydrogen (secondary N) is 2. The third-order valence-corrected chi connectivity index (χ3v) is 4.37. The molecule has 1 aromatic rings. The maximum Gasteiger partial charge on any atom is 0.303 e. The zero-order valence-electron chi connectivity index (χ0n) is 11.6. The lowest BCUT2D eigenvalue weighted by molar-refractivity contribution is -0.137. The molecule has 1 rings (SSSR count). The van der Waals surface area contributed by atoms with E-state index in [1.54, 1.807) is 12.1 Å². The van der Waals surface area contributed by atoms with E-state index in [2.05, 4.69) is 10.0 Å². The van der Waals surface area contributed by atoms with Gasteiger partial charge in [-0.05, 0) is 43.7 Å². The van der Waals surface area contributed by atoms with Gasteiger partial charge >= 0.3 is 5.97 Å². The van der Waals surface area contributed by atoms with E-state index in [9.17, 15) is 13.2 Å². The van der Waals surface area contributed by atoms with Crippen molar-refractivity contribution in [3.63, 3.8) is 0 Å². The van der Waals surface area contributed by atoms with Gasteiger partial charge in [-0.15, -0.1) is 0 Å². The van der Waals surface area contributed by atoms with Gasteiger partial charge in [0.1, 0.15) is 0 Å². The molecule has 0 aromatic heterocycles. The minimum absolute atomic E-state index is 0.155. The first-order valence-corrected chi connectivity index (χ1v) is 7.82. The van der Waals surface area contributed by atoms with Crippen molar-refractivity contribution in [1.82, 2.24) is 4.72 Å². The largest absolute Gasteiger partial charge is 0.481 e. The lowest BCUT2D eigenvalue weighted by Crippen LogP contribution is -2.18. The van der Waals surface area contributed by atoms with E-state index < -0.39 is 16.0 Å². The number of carbonyl (C=O) groups is 1. The molecule has 0 fully saturated rings. The van der Waals surface area contributed by atoms with Crippen molar-refractivity contribution in [2.24, 2.45) is 5.92 Å². The number of sulfonamides is 1. The maximum absolute atomic E-state index is 11.5. The molecule has 0 amide bonds. The highest BCUT2D eigenvalue weighted by Crippen LogP contribution is 2.15. The average Bonchev–Trinajstić information content (AvgIpc) is 2.43. The third-order valence-electron chi connectivity index (χ3n) is 2.94. The fraction of sp³-hybridized carbons (Fsp3) is 0.462. The number of anilines is 1. The van der Waals surface area contributed by atoms with Gasteiger partial charge in [-0.2, -0.15) is 0 Å². The third kappa shape index (κ3) is 5.18. The van der Waals surface area contributed by atoms with Gasteiger partial charge in [-0.1, -0.05) is 6.92 Å². The van der Waals surface area contributed by atoms with Gasteiger partial charge in [-0.25, -0.2) is 13.1 Å². The van der Waals surface area contributed by atoms with Crippen LogP contribution in [0.2, 0.25) is 0 Å². The molecule has 6 nitrogen and oxygen atoms in total. The molecule has 1 atom stereocenters. The summed E-state index contributed by atoms with van der Waals surface area (Å²) in [7, 11) is -2.04. The summed E-state index contributed by atoms with van der Waals surface area (Å²) >= 11 is 0. The Balaban J connectivity index is 2.52. The Bertz CT molecular complexity index is 540. The van der Waals surface area contributed by atoms with Gasteiger partial charge < -0.3 is 10.4 Å². The number of carboxylic acids is 1. The minimum Gasteiger partial charge on any atom is -0.481 e. The number of aliphatic carboxylic acids is 1. The summed E-state index contributed by atoms with van der Waals surface area (Å²) < 4.78 is 25.3. The smallest absolute Gasteiger partial charge is 0.303 e. The Morgan fingerprint density at radius 1 is 1.30 bits per heavy atom. The van der Waals surface area contributed by atoms with Crippen LogP contribution in [-0.2, 0) is 14.8 Å². The van der Waals surface area contributed by atoms with Gasteiger partial charge in [0.2, 0.25) is 10.0 Å². The predicted octanol–water partition coefficient (Wildman–Crippen LogP) is 1.51. The molecular weight excluding hydrogens is 280 g/mol. The molecule has 112 valence electrons. The summed E-state index contributed by atoms with van der Waals surface area (Å²) in [6.45, 7) is 2.61. The molecule has 0 heterocycles. The van der Waals surface area contributed by atoms with E-state index in [-0.39, 0.29) is 17.2 Å². The molecule has 0 aliphatic heterocycles. The normalized spacial score (nSPS) is 12.9. The Kier molecular flexibility index (Phi) is 5.97. The first-order valence-electron chi connectivity index (χ1n) is 6.34. The Morgan fingerprint density at radius 2 is 1.90 bits per heavy atom. The number of benzene rings is 1. The topological polar surface area (TPSA) is 95.5 Å². The van der Waals surface area contributed by atoms with E-state index in [0.29, 0.717) is 13.0 Å². The molecule has 1 unspecified atom stereocenters. The van der Waals surface area contributed by atoms with E-state index >= 15 is 0 Å². The van der Waals surface area contributed by atoms with Crippen molar-refractivity contribution in [3.05, 3.63) is 24.3 Å². The fourth-order valence-corrected chi connectivity index (χ4v) is 2.36. The van der Waals surface area contributed by atoms with Gasteiger partial charge in [0.15, 0.2) is 0 Å². The molecule has 20 heavy (non-hydrogen) atoms. The second-order valence-electron chi connectivity index (χ2n) is 4.65. The molecule has 0 radical (unpaired) electrons. The van der Waals surface area contributed by atoms with Crippen molar-refractivity contribution in [1.29, 1.82) is 0 Å². The lowest BCUT2D eigenvalue weighted by atomic mass is 10.1. The summed E-state index contributed by atoms with van der Waals surface area (Å²) in [6.07, 6.45) is 0.761. The number of rotatable bonds is 8. The van der Waals surface area contributed by atoms with Crippen LogP contribution in [-0.4, -0.2) is 33.1 Å². The van der Waals surface area contributed by atoms with Crippen molar-refractivity contribution in [2.75, 3.05) is 18.9 Å². The second kappa shape index (κ2) is 7.25. The van der Waals surface area contributed by atoms with E-state index in [1.165, 1.54) is 19.2 Å². The van der Waals surface area contributed by atoms with Gasteiger partial charge in [-0.3, -0.25) is 4.79 Å². The first-order chi connectivity index (χ1) is 9.35. The molecule has 0 saturated heterocycles.